The van der Waals surface area contributed by atoms with Gasteiger partial charge >= 0.3 is 23.9 Å². The SMILES string of the molecule is CC(C)CCC[C@@H](C)[C@H]1CC[C@H]2[C@@H]3CC=C4CC(OC(=O)CCC(=O)OCCCCCCN5C(=O)c6ccc7c8c(Br)cc9c%10c(ccc(c%11c(Br)cc(c6c7%11)C5=O)c%108)C(=O)N(CCCCCCOC(=O)CCC(=O)OC5CC[C@@]6(C)C(=CC[C@H]7[C@@H]8CC[C@H]([C@H](C)CCCC(C)C)[C@@]8(C)CC[C@@H]76)C5)C9=O)CC[C@]4(C)[C@H]3CC[C@]12C. The number of esters is 4. The number of unbranched alkanes of at least 4 members (excludes halogenated alkanes) is 6. The molecule has 2 unspecified atom stereocenters. The lowest BCUT2D eigenvalue weighted by Crippen LogP contribution is -2.51. The van der Waals surface area contributed by atoms with Gasteiger partial charge in [0.25, 0.3) is 23.6 Å². The van der Waals surface area contributed by atoms with Gasteiger partial charge < -0.3 is 18.9 Å². The Labute approximate surface area is 694 Å². The highest BCUT2D eigenvalue weighted by atomic mass is 79.9. The molecule has 114 heavy (non-hydrogen) atoms. The molecule has 616 valence electrons. The summed E-state index contributed by atoms with van der Waals surface area (Å²) in [4.78, 5) is 113. The molecule has 0 N–H and O–H groups in total. The van der Waals surface area contributed by atoms with E-state index in [9.17, 15) is 38.4 Å². The quantitative estimate of drug-likeness (QED) is 0.00757. The number of halogens is 2. The largest absolute Gasteiger partial charge is 0.466 e. The Morgan fingerprint density at radius 1 is 0.421 bits per heavy atom. The molecule has 8 aliphatic carbocycles. The van der Waals surface area contributed by atoms with Crippen molar-refractivity contribution in [2.45, 2.75) is 300 Å². The first-order chi connectivity index (χ1) is 54.6. The Hall–Kier alpha value is -6.00. The highest BCUT2D eigenvalue weighted by molar-refractivity contribution is 9.11. The summed E-state index contributed by atoms with van der Waals surface area (Å²) in [5.74, 6) is 6.27. The fourth-order valence-corrected chi connectivity index (χ4v) is 27.5. The molecule has 2 heterocycles. The fourth-order valence-electron chi connectivity index (χ4n) is 26.2. The van der Waals surface area contributed by atoms with Crippen molar-refractivity contribution in [3.63, 3.8) is 0 Å². The molecule has 6 saturated carbocycles. The average molecular weight is 1690 g/mol. The van der Waals surface area contributed by atoms with E-state index in [2.05, 4.69) is 113 Å². The molecule has 14 nitrogen and oxygen atoms in total. The number of rotatable bonds is 32. The summed E-state index contributed by atoms with van der Waals surface area (Å²) in [6.07, 6.45) is 36.4. The van der Waals surface area contributed by atoms with Crippen LogP contribution in [0.15, 0.2) is 68.6 Å². The number of carbonyl (C=O) groups excluding carboxylic acids is 8. The number of fused-ring (bicyclic) bond motifs is 12. The third kappa shape index (κ3) is 15.6. The predicted molar refractivity (Wildman–Crippen MR) is 457 cm³/mol. The first-order valence-electron chi connectivity index (χ1n) is 45.0. The zero-order valence-electron chi connectivity index (χ0n) is 70.1. The van der Waals surface area contributed by atoms with Crippen molar-refractivity contribution < 1.29 is 57.3 Å². The van der Waals surface area contributed by atoms with E-state index >= 15 is 0 Å². The summed E-state index contributed by atoms with van der Waals surface area (Å²) in [7, 11) is 0. The molecule has 0 aromatic heterocycles. The number of nitrogens with zero attached hydrogens (tertiary/aromatic N) is 2. The smallest absolute Gasteiger partial charge is 0.306 e. The zero-order chi connectivity index (χ0) is 80.4. The van der Waals surface area contributed by atoms with E-state index in [0.717, 1.165) is 156 Å². The molecule has 16 atom stereocenters. The van der Waals surface area contributed by atoms with Crippen LogP contribution in [0, 0.1) is 92.7 Å². The summed E-state index contributed by atoms with van der Waals surface area (Å²) in [6, 6.07) is 11.0. The van der Waals surface area contributed by atoms with Gasteiger partial charge in [-0.1, -0.05) is 188 Å². The Morgan fingerprint density at radius 3 is 1.21 bits per heavy atom. The lowest BCUT2D eigenvalue weighted by molar-refractivity contribution is -0.155. The number of allylic oxidation sites excluding steroid dienone is 2. The van der Waals surface area contributed by atoms with Crippen molar-refractivity contribution in [3.8, 4) is 0 Å². The van der Waals surface area contributed by atoms with Crippen LogP contribution in [-0.4, -0.2) is 95.8 Å². The maximum absolute atomic E-state index is 14.5. The van der Waals surface area contributed by atoms with E-state index in [1.807, 2.05) is 12.1 Å². The monoisotopic (exact) mass is 1680 g/mol. The third-order valence-electron chi connectivity index (χ3n) is 32.2. The molecule has 0 radical (unpaired) electrons. The standard InChI is InChI=1S/C98H128Br2N2O12/c1-57(2)21-19-23-59(5)73-33-35-75-65-27-25-61-53-63(41-45-95(61,7)77(65)43-47-97(73,75)9)113-83(105)39-37-81(103)111-51-17-13-11-15-49-101-91(107)69-31-29-67-88-80(100)56-72-86-70(32-30-68(90(86)88)87-79(99)55-71(93(101)109)85(69)89(67)87)92(108)102(94(72)110)50-16-12-14-18-52-112-82(104)38-40-84(106)114-64-42-46-96(8)62(54-64)26-28-66-76-36-34-74(60(6)24-20-22-58(3)4)98(76,10)48-44-78(66)96/h25-26,29-32,55-60,63-66,73-78H,11-24,27-28,33-54H2,1-10H3/t59-,60-,63?,64?,65+,66+,73-,74-,75+,76+,77+,78+,95+,96+,97-,98-/m1/s1. The topological polar surface area (TPSA) is 180 Å². The third-order valence-corrected chi connectivity index (χ3v) is 33.4. The van der Waals surface area contributed by atoms with Crippen molar-refractivity contribution in [2.75, 3.05) is 26.3 Å². The number of ether oxygens (including phenoxy) is 4. The van der Waals surface area contributed by atoms with Crippen molar-refractivity contribution in [1.29, 1.82) is 0 Å². The van der Waals surface area contributed by atoms with Gasteiger partial charge in [-0.2, -0.15) is 0 Å². The number of hydrogen-bond donors (Lipinski definition) is 0. The van der Waals surface area contributed by atoms with Crippen LogP contribution >= 0.6 is 31.9 Å². The van der Waals surface area contributed by atoms with Crippen molar-refractivity contribution in [3.05, 3.63) is 90.9 Å². The molecule has 0 spiro atoms. The van der Waals surface area contributed by atoms with Gasteiger partial charge in [-0.15, -0.1) is 0 Å². The molecule has 2 aliphatic heterocycles. The van der Waals surface area contributed by atoms with Crippen LogP contribution in [-0.2, 0) is 38.1 Å². The second-order valence-corrected chi connectivity index (χ2v) is 41.2. The normalized spacial score (nSPS) is 30.1. The van der Waals surface area contributed by atoms with E-state index in [-0.39, 0.29) is 111 Å². The van der Waals surface area contributed by atoms with E-state index < -0.39 is 11.9 Å². The molecule has 10 aliphatic rings. The number of amides is 4. The number of hydrogen-bond acceptors (Lipinski definition) is 12. The van der Waals surface area contributed by atoms with Crippen LogP contribution in [0.3, 0.4) is 0 Å². The van der Waals surface area contributed by atoms with E-state index in [1.165, 1.54) is 111 Å². The summed E-state index contributed by atoms with van der Waals surface area (Å²) >= 11 is 7.72. The fraction of sp³-hybridized carbons (Fsp3) is 0.673. The van der Waals surface area contributed by atoms with Gasteiger partial charge in [-0.3, -0.25) is 48.2 Å². The highest BCUT2D eigenvalue weighted by Crippen LogP contribution is 2.70. The van der Waals surface area contributed by atoms with Crippen LogP contribution in [0.2, 0.25) is 0 Å². The van der Waals surface area contributed by atoms with Crippen LogP contribution in [0.4, 0.5) is 0 Å². The first-order valence-corrected chi connectivity index (χ1v) is 46.6. The molecule has 5 aromatic rings. The van der Waals surface area contributed by atoms with E-state index in [0.29, 0.717) is 103 Å². The summed E-state index contributed by atoms with van der Waals surface area (Å²) in [5, 5.41) is 5.74. The average Bonchev–Trinajstić information content (AvgIpc) is 0.762. The van der Waals surface area contributed by atoms with Gasteiger partial charge in [0.1, 0.15) is 12.2 Å². The van der Waals surface area contributed by atoms with Crippen molar-refractivity contribution in [2.24, 2.45) is 92.7 Å². The van der Waals surface area contributed by atoms with Gasteiger partial charge in [-0.25, -0.2) is 0 Å². The molecule has 6 fully saturated rings. The molecular weight excluding hydrogens is 1560 g/mol. The van der Waals surface area contributed by atoms with Crippen LogP contribution in [0.1, 0.15) is 329 Å². The van der Waals surface area contributed by atoms with Crippen LogP contribution in [0.25, 0.3) is 43.1 Å². The van der Waals surface area contributed by atoms with Gasteiger partial charge in [0.2, 0.25) is 0 Å². The predicted octanol–water partition coefficient (Wildman–Crippen LogP) is 24.1. The van der Waals surface area contributed by atoms with Crippen molar-refractivity contribution in [1.82, 2.24) is 9.80 Å². The van der Waals surface area contributed by atoms with Crippen LogP contribution < -0.4 is 0 Å². The first kappa shape index (κ1) is 83.1. The van der Waals surface area contributed by atoms with Gasteiger partial charge in [0.15, 0.2) is 0 Å². The molecule has 0 saturated heterocycles. The molecule has 16 heteroatoms. The lowest BCUT2D eigenvalue weighted by atomic mass is 9.47. The Bertz CT molecular complexity index is 4320. The molecule has 4 amide bonds. The minimum Gasteiger partial charge on any atom is -0.466 e. The van der Waals surface area contributed by atoms with Crippen LogP contribution in [0.5, 0.6) is 0 Å². The lowest BCUT2D eigenvalue weighted by Gasteiger charge is -2.58. The van der Waals surface area contributed by atoms with Gasteiger partial charge in [-0.05, 0) is 256 Å². The number of carbonyl (C=O) groups is 8. The van der Waals surface area contributed by atoms with E-state index in [1.54, 1.807) is 24.3 Å². The Balaban J connectivity index is 0.474. The Morgan fingerprint density at radius 2 is 0.807 bits per heavy atom. The highest BCUT2D eigenvalue weighted by Gasteiger charge is 2.61. The van der Waals surface area contributed by atoms with Crippen molar-refractivity contribution >= 4 is 122 Å². The second kappa shape index (κ2) is 34.0. The van der Waals surface area contributed by atoms with E-state index in [4.69, 9.17) is 18.9 Å². The molecule has 15 rings (SSSR count). The molecule has 0 bridgehead atoms. The maximum Gasteiger partial charge on any atom is 0.306 e. The zero-order valence-corrected chi connectivity index (χ0v) is 73.3. The number of imide groups is 2. The second-order valence-electron chi connectivity index (χ2n) is 39.5. The summed E-state index contributed by atoms with van der Waals surface area (Å²) in [5.41, 5.74) is 5.87. The minimum absolute atomic E-state index is 0.00815. The number of benzene rings is 5. The summed E-state index contributed by atoms with van der Waals surface area (Å²) < 4.78 is 24.6. The molecular formula is C98H128Br2N2O12. The van der Waals surface area contributed by atoms with Gasteiger partial charge in [0.05, 0.1) is 38.9 Å². The summed E-state index contributed by atoms with van der Waals surface area (Å²) in [6.45, 7) is 25.7. The Kier molecular flexibility index (Phi) is 24.8. The maximum atomic E-state index is 14.5. The minimum atomic E-state index is -0.422. The molecule has 5 aromatic carbocycles. The van der Waals surface area contributed by atoms with Gasteiger partial charge in [0, 0.05) is 89.4 Å².